The quantitative estimate of drug-likeness (QED) is 0.802. The van der Waals surface area contributed by atoms with Gasteiger partial charge in [-0.2, -0.15) is 0 Å². The summed E-state index contributed by atoms with van der Waals surface area (Å²) < 4.78 is 3.46. The Hall–Kier alpha value is -2.82. The van der Waals surface area contributed by atoms with Crippen LogP contribution >= 0.6 is 0 Å². The van der Waals surface area contributed by atoms with E-state index in [1.165, 1.54) is 0 Å². The lowest BCUT2D eigenvalue weighted by Crippen LogP contribution is -2.20. The molecular formula is C19H21N3O2. The van der Waals surface area contributed by atoms with Gasteiger partial charge >= 0.3 is 0 Å². The molecule has 0 aliphatic carbocycles. The minimum atomic E-state index is -0.110. The zero-order valence-electron chi connectivity index (χ0n) is 14.2. The number of anilines is 1. The molecule has 0 aliphatic heterocycles. The van der Waals surface area contributed by atoms with Gasteiger partial charge in [-0.05, 0) is 50.1 Å². The van der Waals surface area contributed by atoms with Crippen molar-refractivity contribution in [2.45, 2.75) is 33.9 Å². The second-order valence-electron chi connectivity index (χ2n) is 6.02. The van der Waals surface area contributed by atoms with E-state index < -0.39 is 0 Å². The molecule has 24 heavy (non-hydrogen) atoms. The summed E-state index contributed by atoms with van der Waals surface area (Å²) in [6, 6.07) is 9.62. The molecule has 0 radical (unpaired) electrons. The van der Waals surface area contributed by atoms with Crippen LogP contribution < -0.4 is 10.9 Å². The van der Waals surface area contributed by atoms with Gasteiger partial charge in [0.05, 0.1) is 10.9 Å². The highest BCUT2D eigenvalue weighted by Crippen LogP contribution is 2.17. The van der Waals surface area contributed by atoms with Crippen LogP contribution in [0.4, 0.5) is 5.69 Å². The molecule has 2 heterocycles. The molecule has 5 nitrogen and oxygen atoms in total. The summed E-state index contributed by atoms with van der Waals surface area (Å²) in [6.07, 6.45) is 3.55. The van der Waals surface area contributed by atoms with Crippen LogP contribution in [0.3, 0.4) is 0 Å². The fourth-order valence-electron chi connectivity index (χ4n) is 2.84. The third kappa shape index (κ3) is 2.97. The number of aryl methyl sites for hydroxylation is 3. The summed E-state index contributed by atoms with van der Waals surface area (Å²) in [4.78, 5) is 24.7. The van der Waals surface area contributed by atoms with E-state index in [1.54, 1.807) is 27.6 Å². The van der Waals surface area contributed by atoms with E-state index in [0.717, 1.165) is 22.3 Å². The molecule has 0 unspecified atom stereocenters. The fraction of sp³-hybridized carbons (Fsp3) is 0.263. The molecule has 3 rings (SSSR count). The monoisotopic (exact) mass is 323 g/mol. The summed E-state index contributed by atoms with van der Waals surface area (Å²) >= 11 is 0. The number of fused-ring (bicyclic) bond motifs is 1. The molecule has 0 aliphatic rings. The van der Waals surface area contributed by atoms with E-state index in [1.807, 2.05) is 45.0 Å². The molecule has 1 aromatic carbocycles. The van der Waals surface area contributed by atoms with Gasteiger partial charge in [-0.15, -0.1) is 0 Å². The fourth-order valence-corrected chi connectivity index (χ4v) is 2.84. The Kier molecular flexibility index (Phi) is 4.25. The largest absolute Gasteiger partial charge is 0.338 e. The predicted octanol–water partition coefficient (Wildman–Crippen LogP) is 3.08. The van der Waals surface area contributed by atoms with Gasteiger partial charge in [-0.1, -0.05) is 12.1 Å². The number of benzene rings is 1. The molecule has 3 aromatic rings. The minimum Gasteiger partial charge on any atom is -0.338 e. The molecule has 1 amide bonds. The van der Waals surface area contributed by atoms with Crippen molar-refractivity contribution in [1.82, 2.24) is 9.13 Å². The van der Waals surface area contributed by atoms with Crippen LogP contribution in [0.2, 0.25) is 0 Å². The zero-order chi connectivity index (χ0) is 17.3. The Balaban J connectivity index is 1.85. The maximum Gasteiger partial charge on any atom is 0.259 e. The van der Waals surface area contributed by atoms with Crippen LogP contribution in [0.15, 0.2) is 47.5 Å². The number of rotatable bonds is 4. The maximum absolute atomic E-state index is 12.4. The van der Waals surface area contributed by atoms with E-state index in [4.69, 9.17) is 0 Å². The lowest BCUT2D eigenvalue weighted by Gasteiger charge is -2.11. The molecule has 1 N–H and O–H groups in total. The van der Waals surface area contributed by atoms with E-state index in [2.05, 4.69) is 5.32 Å². The van der Waals surface area contributed by atoms with Gasteiger partial charge in [-0.25, -0.2) is 0 Å². The van der Waals surface area contributed by atoms with Gasteiger partial charge in [-0.3, -0.25) is 9.59 Å². The molecule has 0 bridgehead atoms. The molecule has 0 atom stereocenters. The van der Waals surface area contributed by atoms with E-state index in [0.29, 0.717) is 11.9 Å². The van der Waals surface area contributed by atoms with Crippen molar-refractivity contribution in [1.29, 1.82) is 0 Å². The highest BCUT2D eigenvalue weighted by molar-refractivity contribution is 5.92. The predicted molar refractivity (Wildman–Crippen MR) is 96.4 cm³/mol. The Morgan fingerprint density at radius 2 is 1.83 bits per heavy atom. The Bertz CT molecular complexity index is 966. The zero-order valence-corrected chi connectivity index (χ0v) is 14.2. The highest BCUT2D eigenvalue weighted by Gasteiger charge is 2.10. The number of amides is 1. The number of nitrogens with one attached hydrogen (secondary N) is 1. The van der Waals surface area contributed by atoms with Crippen molar-refractivity contribution in [3.63, 3.8) is 0 Å². The molecule has 0 saturated carbocycles. The minimum absolute atomic E-state index is 0.0244. The summed E-state index contributed by atoms with van der Waals surface area (Å²) in [5.41, 5.74) is 3.70. The van der Waals surface area contributed by atoms with Crippen molar-refractivity contribution in [2.75, 3.05) is 5.32 Å². The second kappa shape index (κ2) is 6.35. The summed E-state index contributed by atoms with van der Waals surface area (Å²) in [5.74, 6) is -0.110. The third-order valence-corrected chi connectivity index (χ3v) is 4.23. The summed E-state index contributed by atoms with van der Waals surface area (Å²) in [6.45, 7) is 6.70. The van der Waals surface area contributed by atoms with Crippen molar-refractivity contribution >= 4 is 22.5 Å². The standard InChI is InChI=1S/C19H21N3O2/c1-4-21-10-8-17-15(19(21)24)7-9-22(17)12-18(23)20-16-11-13(2)5-6-14(16)3/h5-11H,4,12H2,1-3H3,(H,20,23). The second-order valence-corrected chi connectivity index (χ2v) is 6.02. The van der Waals surface area contributed by atoms with Gasteiger partial charge in [0, 0.05) is 24.6 Å². The molecule has 124 valence electrons. The average Bonchev–Trinajstić information content (AvgIpc) is 2.95. The Morgan fingerprint density at radius 3 is 2.58 bits per heavy atom. The number of carbonyl (C=O) groups is 1. The molecule has 0 spiro atoms. The molecule has 0 saturated heterocycles. The van der Waals surface area contributed by atoms with Gasteiger partial charge in [0.25, 0.3) is 5.56 Å². The average molecular weight is 323 g/mol. The number of aromatic nitrogens is 2. The van der Waals surface area contributed by atoms with Gasteiger partial charge in [0.1, 0.15) is 6.54 Å². The molecule has 5 heteroatoms. The smallest absolute Gasteiger partial charge is 0.259 e. The Labute approximate surface area is 140 Å². The first kappa shape index (κ1) is 16.1. The van der Waals surface area contributed by atoms with Crippen LogP contribution in [-0.2, 0) is 17.9 Å². The summed E-state index contributed by atoms with van der Waals surface area (Å²) in [7, 11) is 0. The summed E-state index contributed by atoms with van der Waals surface area (Å²) in [5, 5.41) is 3.59. The lowest BCUT2D eigenvalue weighted by atomic mass is 10.1. The Morgan fingerprint density at radius 1 is 1.08 bits per heavy atom. The number of nitrogens with zero attached hydrogens (tertiary/aromatic N) is 2. The van der Waals surface area contributed by atoms with Crippen molar-refractivity contribution in [3.8, 4) is 0 Å². The van der Waals surface area contributed by atoms with Crippen molar-refractivity contribution in [2.24, 2.45) is 0 Å². The van der Waals surface area contributed by atoms with Gasteiger partial charge in [0.15, 0.2) is 0 Å². The first-order chi connectivity index (χ1) is 11.5. The third-order valence-electron chi connectivity index (χ3n) is 4.23. The van der Waals surface area contributed by atoms with Crippen LogP contribution in [0.1, 0.15) is 18.1 Å². The normalized spacial score (nSPS) is 11.0. The van der Waals surface area contributed by atoms with Crippen LogP contribution in [0.5, 0.6) is 0 Å². The van der Waals surface area contributed by atoms with Crippen molar-refractivity contribution < 1.29 is 4.79 Å². The van der Waals surface area contributed by atoms with E-state index >= 15 is 0 Å². The SMILES string of the molecule is CCn1ccc2c(ccn2CC(=O)Nc2cc(C)ccc2C)c1=O. The van der Waals surface area contributed by atoms with E-state index in [9.17, 15) is 9.59 Å². The van der Waals surface area contributed by atoms with Gasteiger partial charge in [0.2, 0.25) is 5.91 Å². The van der Waals surface area contributed by atoms with Gasteiger partial charge < -0.3 is 14.5 Å². The molecule has 2 aromatic heterocycles. The van der Waals surface area contributed by atoms with E-state index in [-0.39, 0.29) is 18.0 Å². The highest BCUT2D eigenvalue weighted by atomic mass is 16.2. The number of hydrogen-bond acceptors (Lipinski definition) is 2. The maximum atomic E-state index is 12.4. The van der Waals surface area contributed by atoms with Crippen LogP contribution in [0, 0.1) is 13.8 Å². The lowest BCUT2D eigenvalue weighted by molar-refractivity contribution is -0.116. The number of carbonyl (C=O) groups excluding carboxylic acids is 1. The first-order valence-corrected chi connectivity index (χ1v) is 8.05. The molecular weight excluding hydrogens is 302 g/mol. The topological polar surface area (TPSA) is 56.0 Å². The first-order valence-electron chi connectivity index (χ1n) is 8.05. The number of hydrogen-bond donors (Lipinski definition) is 1. The van der Waals surface area contributed by atoms with Crippen LogP contribution in [-0.4, -0.2) is 15.0 Å². The van der Waals surface area contributed by atoms with Crippen LogP contribution in [0.25, 0.3) is 10.9 Å². The van der Waals surface area contributed by atoms with Crippen molar-refractivity contribution in [3.05, 3.63) is 64.2 Å². The number of pyridine rings is 1. The molecule has 0 fully saturated rings.